The van der Waals surface area contributed by atoms with Crippen molar-refractivity contribution in [2.24, 2.45) is 0 Å². The van der Waals surface area contributed by atoms with Gasteiger partial charge in [0, 0.05) is 31.2 Å². The third-order valence-electron chi connectivity index (χ3n) is 4.88. The molecule has 34 heavy (non-hydrogen) atoms. The van der Waals surface area contributed by atoms with Crippen molar-refractivity contribution in [2.45, 2.75) is 44.6 Å². The molecule has 186 valence electrons. The van der Waals surface area contributed by atoms with Gasteiger partial charge in [0.05, 0.1) is 11.6 Å². The van der Waals surface area contributed by atoms with Crippen LogP contribution in [0.3, 0.4) is 0 Å². The molecule has 8 nitrogen and oxygen atoms in total. The molecule has 0 heterocycles. The van der Waals surface area contributed by atoms with Crippen LogP contribution in [0, 0.1) is 0 Å². The molecular weight excluding hydrogens is 483 g/mol. The molecule has 1 atom stereocenters. The summed E-state index contributed by atoms with van der Waals surface area (Å²) < 4.78 is 16.5. The quantitative estimate of drug-likeness (QED) is 0.430. The highest BCUT2D eigenvalue weighted by Gasteiger charge is 2.36. The van der Waals surface area contributed by atoms with Crippen LogP contribution in [0.1, 0.15) is 31.9 Å². The van der Waals surface area contributed by atoms with E-state index in [1.165, 1.54) is 26.4 Å². The molecule has 2 aromatic carbocycles. The Morgan fingerprint density at radius 1 is 1.03 bits per heavy atom. The van der Waals surface area contributed by atoms with Crippen LogP contribution in [0.15, 0.2) is 42.5 Å². The van der Waals surface area contributed by atoms with Gasteiger partial charge in [0.15, 0.2) is 0 Å². The molecular formula is C24H30Cl2N2O6. The molecule has 2 amide bonds. The average molecular weight is 513 g/mol. The number of carbonyl (C=O) groups is 2. The molecule has 2 rings (SSSR count). The Balaban J connectivity index is 2.24. The van der Waals surface area contributed by atoms with Crippen molar-refractivity contribution in [3.05, 3.63) is 63.6 Å². The van der Waals surface area contributed by atoms with Crippen LogP contribution in [0.5, 0.6) is 5.75 Å². The number of nitrogens with one attached hydrogen (secondary N) is 2. The number of ether oxygens (including phenoxy) is 3. The van der Waals surface area contributed by atoms with Gasteiger partial charge >= 0.3 is 6.09 Å². The predicted octanol–water partition coefficient (Wildman–Crippen LogP) is 4.40. The van der Waals surface area contributed by atoms with Crippen LogP contribution in [-0.2, 0) is 31.2 Å². The summed E-state index contributed by atoms with van der Waals surface area (Å²) in [5, 5.41) is 15.6. The van der Waals surface area contributed by atoms with Gasteiger partial charge in [-0.3, -0.25) is 4.79 Å². The fraction of sp³-hybridized carbons (Fsp3) is 0.417. The second-order valence-corrected chi connectivity index (χ2v) is 9.42. The number of amides is 2. The first-order valence-corrected chi connectivity index (χ1v) is 11.3. The summed E-state index contributed by atoms with van der Waals surface area (Å²) >= 11 is 12.3. The van der Waals surface area contributed by atoms with Gasteiger partial charge in [-0.2, -0.15) is 0 Å². The zero-order valence-corrected chi connectivity index (χ0v) is 21.3. The molecule has 10 heteroatoms. The molecule has 0 saturated heterocycles. The lowest BCUT2D eigenvalue weighted by Crippen LogP contribution is -2.52. The topological polar surface area (TPSA) is 106 Å². The first-order chi connectivity index (χ1) is 15.9. The van der Waals surface area contributed by atoms with Crippen molar-refractivity contribution in [3.8, 4) is 5.75 Å². The highest BCUT2D eigenvalue weighted by Crippen LogP contribution is 2.33. The maximum atomic E-state index is 13.2. The number of alkyl carbamates (subject to hydrolysis) is 1. The van der Waals surface area contributed by atoms with E-state index in [1.807, 2.05) is 0 Å². The summed E-state index contributed by atoms with van der Waals surface area (Å²) in [5.41, 5.74) is 0.453. The molecule has 0 aliphatic carbocycles. The Morgan fingerprint density at radius 2 is 1.65 bits per heavy atom. The monoisotopic (exact) mass is 512 g/mol. The van der Waals surface area contributed by atoms with Gasteiger partial charge in [-0.1, -0.05) is 41.4 Å². The molecule has 0 spiro atoms. The van der Waals surface area contributed by atoms with Crippen LogP contribution >= 0.6 is 23.2 Å². The number of phenolic OH excluding ortho intramolecular Hbond substituents is 1. The minimum Gasteiger partial charge on any atom is -0.508 e. The van der Waals surface area contributed by atoms with Crippen molar-refractivity contribution in [1.82, 2.24) is 10.6 Å². The summed E-state index contributed by atoms with van der Waals surface area (Å²) in [6.07, 6.45) is -0.586. The van der Waals surface area contributed by atoms with Gasteiger partial charge in [0.25, 0.3) is 0 Å². The molecule has 0 aliphatic heterocycles. The van der Waals surface area contributed by atoms with Crippen LogP contribution < -0.4 is 10.6 Å². The molecule has 3 N–H and O–H groups in total. The van der Waals surface area contributed by atoms with E-state index in [1.54, 1.807) is 51.1 Å². The zero-order valence-electron chi connectivity index (χ0n) is 19.8. The van der Waals surface area contributed by atoms with Crippen molar-refractivity contribution >= 4 is 35.2 Å². The van der Waals surface area contributed by atoms with Gasteiger partial charge in [-0.15, -0.1) is 0 Å². The Labute approximate surface area is 209 Å². The van der Waals surface area contributed by atoms with Crippen molar-refractivity contribution in [1.29, 1.82) is 0 Å². The third kappa shape index (κ3) is 7.77. The highest BCUT2D eigenvalue weighted by molar-refractivity contribution is 6.35. The Bertz CT molecular complexity index is 988. The first kappa shape index (κ1) is 27.7. The van der Waals surface area contributed by atoms with Crippen LogP contribution in [-0.4, -0.2) is 49.5 Å². The number of methoxy groups -OCH3 is 2. The Kier molecular flexibility index (Phi) is 9.58. The number of hydrogen-bond donors (Lipinski definition) is 3. The van der Waals surface area contributed by atoms with Gasteiger partial charge < -0.3 is 30.0 Å². The van der Waals surface area contributed by atoms with Crippen molar-refractivity contribution in [2.75, 3.05) is 20.8 Å². The zero-order chi connectivity index (χ0) is 25.5. The first-order valence-electron chi connectivity index (χ1n) is 10.5. The second-order valence-electron chi connectivity index (χ2n) is 8.57. The number of carbonyl (C=O) groups excluding carboxylic acids is 2. The van der Waals surface area contributed by atoms with Crippen molar-refractivity contribution in [3.63, 3.8) is 0 Å². The van der Waals surface area contributed by atoms with Crippen LogP contribution in [0.4, 0.5) is 4.79 Å². The maximum absolute atomic E-state index is 13.2. The Hall–Kier alpha value is -2.52. The number of phenols is 1. The summed E-state index contributed by atoms with van der Waals surface area (Å²) in [4.78, 5) is 25.6. The smallest absolute Gasteiger partial charge is 0.408 e. The molecule has 0 aromatic heterocycles. The van der Waals surface area contributed by atoms with Gasteiger partial charge in [-0.25, -0.2) is 4.79 Å². The number of rotatable bonds is 9. The lowest BCUT2D eigenvalue weighted by Gasteiger charge is -2.33. The second kappa shape index (κ2) is 11.8. The minimum absolute atomic E-state index is 0.0923. The number of halogens is 2. The van der Waals surface area contributed by atoms with Crippen LogP contribution in [0.2, 0.25) is 10.0 Å². The van der Waals surface area contributed by atoms with E-state index in [9.17, 15) is 14.7 Å². The molecule has 0 fully saturated rings. The van der Waals surface area contributed by atoms with E-state index in [4.69, 9.17) is 37.4 Å². The van der Waals surface area contributed by atoms with E-state index >= 15 is 0 Å². The highest BCUT2D eigenvalue weighted by atomic mass is 35.5. The molecule has 0 saturated carbocycles. The summed E-state index contributed by atoms with van der Waals surface area (Å²) in [6.45, 7) is 5.07. The predicted molar refractivity (Wildman–Crippen MR) is 130 cm³/mol. The normalized spacial score (nSPS) is 12.7. The minimum atomic E-state index is -1.40. The molecule has 1 unspecified atom stereocenters. The van der Waals surface area contributed by atoms with E-state index in [-0.39, 0.29) is 18.7 Å². The average Bonchev–Trinajstić information content (AvgIpc) is 2.75. The maximum Gasteiger partial charge on any atom is 0.408 e. The van der Waals surface area contributed by atoms with Crippen LogP contribution in [0.25, 0.3) is 0 Å². The van der Waals surface area contributed by atoms with Gasteiger partial charge in [0.1, 0.15) is 17.4 Å². The third-order valence-corrected chi connectivity index (χ3v) is 5.43. The molecule has 2 aromatic rings. The fourth-order valence-corrected chi connectivity index (χ4v) is 3.75. The van der Waals surface area contributed by atoms with Gasteiger partial charge in [0.2, 0.25) is 11.7 Å². The Morgan fingerprint density at radius 3 is 2.18 bits per heavy atom. The van der Waals surface area contributed by atoms with Gasteiger partial charge in [-0.05, 0) is 50.6 Å². The lowest BCUT2D eigenvalue weighted by atomic mass is 10.0. The summed E-state index contributed by atoms with van der Waals surface area (Å²) in [6, 6.07) is 10.2. The largest absolute Gasteiger partial charge is 0.508 e. The fourth-order valence-electron chi connectivity index (χ4n) is 3.19. The SMILES string of the molecule is COC(CNC(=O)C(Cc1ccc(O)cc1)NC(=O)OC(C)(C)C)(OC)c1ccc(Cl)cc1Cl. The van der Waals surface area contributed by atoms with E-state index < -0.39 is 29.4 Å². The summed E-state index contributed by atoms with van der Waals surface area (Å²) in [5.74, 6) is -1.80. The molecule has 0 aliphatic rings. The van der Waals surface area contributed by atoms with E-state index in [0.29, 0.717) is 15.6 Å². The summed E-state index contributed by atoms with van der Waals surface area (Å²) in [7, 11) is 2.85. The van der Waals surface area contributed by atoms with Crippen molar-refractivity contribution < 1.29 is 28.9 Å². The van der Waals surface area contributed by atoms with E-state index in [2.05, 4.69) is 10.6 Å². The molecule has 0 radical (unpaired) electrons. The standard InChI is InChI=1S/C24H30Cl2N2O6/c1-23(2,3)34-22(31)28-20(12-15-6-9-17(29)10-7-15)21(30)27-14-24(32-4,33-5)18-11-8-16(25)13-19(18)26/h6-11,13,20,29H,12,14H2,1-5H3,(H,27,30)(H,28,31). The lowest BCUT2D eigenvalue weighted by molar-refractivity contribution is -0.212. The molecule has 0 bridgehead atoms. The van der Waals surface area contributed by atoms with E-state index in [0.717, 1.165) is 5.56 Å². The number of aromatic hydroxyl groups is 1. The number of benzene rings is 2. The number of hydrogen-bond acceptors (Lipinski definition) is 6.